The highest BCUT2D eigenvalue weighted by atomic mass is 15.1. The summed E-state index contributed by atoms with van der Waals surface area (Å²) in [6, 6.07) is 2.02. The molecule has 0 saturated carbocycles. The summed E-state index contributed by atoms with van der Waals surface area (Å²) in [6.45, 7) is 1.09. The molecule has 2 rings (SSSR count). The minimum atomic E-state index is 1.09. The Labute approximate surface area is 60.2 Å². The molecular weight excluding hydrogens is 124 g/mol. The molecule has 0 bridgehead atoms. The summed E-state index contributed by atoms with van der Waals surface area (Å²) in [5.74, 6) is 0. The van der Waals surface area contributed by atoms with Gasteiger partial charge in [0, 0.05) is 18.9 Å². The fraction of sp³-hybridized carbons (Fsp3) is 0.250. The standard InChI is InChI=1S/C8H9N2/c1-2-6-10(5-1)8-3-4-9-7-8/h1,3-5,9H,2,6H2. The number of rotatable bonds is 1. The predicted molar refractivity (Wildman–Crippen MR) is 40.7 cm³/mol. The SMILES string of the molecule is [c]1[nH]ccc1N1C=CCC1. The zero-order valence-corrected chi connectivity index (χ0v) is 5.67. The van der Waals surface area contributed by atoms with Gasteiger partial charge in [0.05, 0.1) is 11.9 Å². The van der Waals surface area contributed by atoms with E-state index in [0.717, 1.165) is 18.7 Å². The van der Waals surface area contributed by atoms with E-state index in [4.69, 9.17) is 0 Å². The average molecular weight is 133 g/mol. The van der Waals surface area contributed by atoms with Gasteiger partial charge in [0.1, 0.15) is 0 Å². The first-order chi connectivity index (χ1) is 4.97. The summed E-state index contributed by atoms with van der Waals surface area (Å²) in [7, 11) is 0. The molecule has 0 amide bonds. The largest absolute Gasteiger partial charge is 0.358 e. The van der Waals surface area contributed by atoms with E-state index in [9.17, 15) is 0 Å². The lowest BCUT2D eigenvalue weighted by Crippen LogP contribution is -2.10. The Balaban J connectivity index is 2.20. The van der Waals surface area contributed by atoms with Crippen LogP contribution in [0.5, 0.6) is 0 Å². The molecule has 1 aromatic heterocycles. The summed E-state index contributed by atoms with van der Waals surface area (Å²) in [4.78, 5) is 5.08. The molecule has 0 aromatic carbocycles. The van der Waals surface area contributed by atoms with Crippen molar-refractivity contribution in [1.82, 2.24) is 4.98 Å². The second-order valence-corrected chi connectivity index (χ2v) is 2.35. The third-order valence-corrected chi connectivity index (χ3v) is 1.66. The van der Waals surface area contributed by atoms with Crippen molar-refractivity contribution in [2.24, 2.45) is 0 Å². The zero-order valence-electron chi connectivity index (χ0n) is 5.67. The molecule has 0 unspecified atom stereocenters. The van der Waals surface area contributed by atoms with Gasteiger partial charge in [-0.05, 0) is 12.5 Å². The van der Waals surface area contributed by atoms with Crippen molar-refractivity contribution in [2.45, 2.75) is 6.42 Å². The van der Waals surface area contributed by atoms with Gasteiger partial charge < -0.3 is 9.88 Å². The molecule has 1 aliphatic heterocycles. The van der Waals surface area contributed by atoms with Crippen LogP contribution in [-0.2, 0) is 0 Å². The van der Waals surface area contributed by atoms with E-state index in [1.54, 1.807) is 0 Å². The maximum Gasteiger partial charge on any atom is 0.0882 e. The van der Waals surface area contributed by atoms with Gasteiger partial charge in [-0.3, -0.25) is 0 Å². The van der Waals surface area contributed by atoms with E-state index < -0.39 is 0 Å². The van der Waals surface area contributed by atoms with E-state index in [1.165, 1.54) is 0 Å². The van der Waals surface area contributed by atoms with Gasteiger partial charge in [-0.2, -0.15) is 0 Å². The maximum absolute atomic E-state index is 3.03. The van der Waals surface area contributed by atoms with Gasteiger partial charge in [-0.1, -0.05) is 6.08 Å². The van der Waals surface area contributed by atoms with Crippen molar-refractivity contribution in [2.75, 3.05) is 11.4 Å². The highest BCUT2D eigenvalue weighted by Crippen LogP contribution is 2.16. The molecular formula is C8H9N2. The van der Waals surface area contributed by atoms with Crippen molar-refractivity contribution in [1.29, 1.82) is 0 Å². The number of aromatic amines is 1. The molecule has 51 valence electrons. The van der Waals surface area contributed by atoms with Crippen LogP contribution < -0.4 is 4.90 Å². The van der Waals surface area contributed by atoms with Gasteiger partial charge in [0.25, 0.3) is 0 Å². The summed E-state index contributed by atoms with van der Waals surface area (Å²) in [5.41, 5.74) is 1.13. The number of H-pyrrole nitrogens is 1. The van der Waals surface area contributed by atoms with Crippen LogP contribution in [0.25, 0.3) is 0 Å². The van der Waals surface area contributed by atoms with E-state index in [-0.39, 0.29) is 0 Å². The Morgan fingerprint density at radius 2 is 2.60 bits per heavy atom. The van der Waals surface area contributed by atoms with Crippen LogP contribution in [0.2, 0.25) is 0 Å². The maximum atomic E-state index is 3.03. The van der Waals surface area contributed by atoms with Crippen molar-refractivity contribution in [3.05, 3.63) is 30.7 Å². The first-order valence-electron chi connectivity index (χ1n) is 3.45. The molecule has 1 N–H and O–H groups in total. The summed E-state index contributed by atoms with van der Waals surface area (Å²) in [6.07, 6.45) is 10.3. The van der Waals surface area contributed by atoms with Crippen LogP contribution in [0.3, 0.4) is 0 Å². The summed E-state index contributed by atoms with van der Waals surface area (Å²) in [5, 5.41) is 0. The average Bonchev–Trinajstić information content (AvgIpc) is 2.59. The number of anilines is 1. The van der Waals surface area contributed by atoms with Gasteiger partial charge in [-0.25, -0.2) is 0 Å². The quantitative estimate of drug-likeness (QED) is 0.615. The smallest absolute Gasteiger partial charge is 0.0882 e. The second kappa shape index (κ2) is 2.21. The number of nitrogens with zero attached hydrogens (tertiary/aromatic N) is 1. The monoisotopic (exact) mass is 133 g/mol. The zero-order chi connectivity index (χ0) is 6.81. The van der Waals surface area contributed by atoms with E-state index in [2.05, 4.69) is 28.4 Å². The van der Waals surface area contributed by atoms with Gasteiger partial charge in [0.2, 0.25) is 0 Å². The highest BCUT2D eigenvalue weighted by Gasteiger charge is 2.05. The van der Waals surface area contributed by atoms with Crippen LogP contribution in [0, 0.1) is 6.20 Å². The number of aromatic nitrogens is 1. The normalized spacial score (nSPS) is 16.6. The Hall–Kier alpha value is -1.18. The number of hydrogen-bond donors (Lipinski definition) is 1. The minimum Gasteiger partial charge on any atom is -0.358 e. The van der Waals surface area contributed by atoms with E-state index in [1.807, 2.05) is 12.3 Å². The topological polar surface area (TPSA) is 19.0 Å². The Kier molecular flexibility index (Phi) is 1.24. The molecule has 0 spiro atoms. The van der Waals surface area contributed by atoms with E-state index >= 15 is 0 Å². The molecule has 2 nitrogen and oxygen atoms in total. The molecule has 0 aliphatic carbocycles. The Morgan fingerprint density at radius 3 is 3.20 bits per heavy atom. The molecule has 2 heteroatoms. The Morgan fingerprint density at radius 1 is 1.60 bits per heavy atom. The van der Waals surface area contributed by atoms with Crippen LogP contribution >= 0.6 is 0 Å². The first-order valence-corrected chi connectivity index (χ1v) is 3.45. The van der Waals surface area contributed by atoms with Gasteiger partial charge in [-0.15, -0.1) is 0 Å². The molecule has 0 atom stereocenters. The third kappa shape index (κ3) is 0.817. The fourth-order valence-electron chi connectivity index (χ4n) is 1.14. The lowest BCUT2D eigenvalue weighted by Gasteiger charge is -2.11. The Bertz CT molecular complexity index is 223. The summed E-state index contributed by atoms with van der Waals surface area (Å²) < 4.78 is 0. The molecule has 2 heterocycles. The lowest BCUT2D eigenvalue weighted by molar-refractivity contribution is 0.999. The van der Waals surface area contributed by atoms with Crippen molar-refractivity contribution in [3.8, 4) is 0 Å². The van der Waals surface area contributed by atoms with Crippen LogP contribution in [0.1, 0.15) is 6.42 Å². The van der Waals surface area contributed by atoms with Gasteiger partial charge in [0.15, 0.2) is 0 Å². The number of hydrogen-bond acceptors (Lipinski definition) is 1. The molecule has 0 saturated heterocycles. The van der Waals surface area contributed by atoms with Crippen molar-refractivity contribution < 1.29 is 0 Å². The second-order valence-electron chi connectivity index (χ2n) is 2.35. The number of nitrogens with one attached hydrogen (secondary N) is 1. The molecule has 10 heavy (non-hydrogen) atoms. The first kappa shape index (κ1) is 5.59. The van der Waals surface area contributed by atoms with Crippen LogP contribution in [0.15, 0.2) is 24.5 Å². The molecule has 0 fully saturated rings. The fourth-order valence-corrected chi connectivity index (χ4v) is 1.14. The van der Waals surface area contributed by atoms with Crippen molar-refractivity contribution in [3.63, 3.8) is 0 Å². The van der Waals surface area contributed by atoms with Gasteiger partial charge >= 0.3 is 0 Å². The van der Waals surface area contributed by atoms with Crippen LogP contribution in [0.4, 0.5) is 5.69 Å². The summed E-state index contributed by atoms with van der Waals surface area (Å²) >= 11 is 0. The highest BCUT2D eigenvalue weighted by molar-refractivity contribution is 5.47. The van der Waals surface area contributed by atoms with E-state index in [0.29, 0.717) is 0 Å². The predicted octanol–water partition coefficient (Wildman–Crippen LogP) is 1.54. The minimum absolute atomic E-state index is 1.09. The molecule has 1 aliphatic rings. The molecule has 1 aromatic rings. The third-order valence-electron chi connectivity index (χ3n) is 1.66. The van der Waals surface area contributed by atoms with Crippen LogP contribution in [-0.4, -0.2) is 11.5 Å². The molecule has 1 radical (unpaired) electrons. The van der Waals surface area contributed by atoms with Crippen molar-refractivity contribution >= 4 is 5.69 Å². The lowest BCUT2D eigenvalue weighted by atomic mass is 10.4.